The van der Waals surface area contributed by atoms with Gasteiger partial charge in [-0.25, -0.2) is 8.42 Å². The number of hydrogen-bond donors (Lipinski definition) is 0. The van der Waals surface area contributed by atoms with Gasteiger partial charge in [0.25, 0.3) is 0 Å². The van der Waals surface area contributed by atoms with E-state index in [1.54, 1.807) is 0 Å². The molecule has 0 amide bonds. The highest BCUT2D eigenvalue weighted by molar-refractivity contribution is 7.90. The van der Waals surface area contributed by atoms with E-state index in [2.05, 4.69) is 10.2 Å². The molecule has 1 saturated carbocycles. The maximum atomic E-state index is 12.1. The van der Waals surface area contributed by atoms with Crippen molar-refractivity contribution in [1.82, 2.24) is 10.2 Å². The molecule has 2 aromatic rings. The van der Waals surface area contributed by atoms with Crippen LogP contribution in [-0.4, -0.2) is 24.4 Å². The first-order chi connectivity index (χ1) is 10.6. The largest absolute Gasteiger partial charge is 0.424 e. The molecule has 22 heavy (non-hydrogen) atoms. The van der Waals surface area contributed by atoms with Crippen molar-refractivity contribution in [1.29, 1.82) is 0 Å². The van der Waals surface area contributed by atoms with E-state index in [9.17, 15) is 8.42 Å². The van der Waals surface area contributed by atoms with Gasteiger partial charge in [-0.1, -0.05) is 36.8 Å². The van der Waals surface area contributed by atoms with E-state index in [-0.39, 0.29) is 17.4 Å². The molecule has 3 rings (SSSR count). The first-order valence-corrected chi connectivity index (χ1v) is 9.51. The summed E-state index contributed by atoms with van der Waals surface area (Å²) in [5.41, 5.74) is 1.16. The number of hydrogen-bond acceptors (Lipinski definition) is 5. The van der Waals surface area contributed by atoms with Crippen LogP contribution in [0, 0.1) is 0 Å². The molecule has 118 valence electrons. The third-order valence-electron chi connectivity index (χ3n) is 4.04. The van der Waals surface area contributed by atoms with Crippen molar-refractivity contribution in [3.05, 3.63) is 47.7 Å². The van der Waals surface area contributed by atoms with E-state index < -0.39 is 9.84 Å². The lowest BCUT2D eigenvalue weighted by molar-refractivity contribution is 0.327. The van der Waals surface area contributed by atoms with Crippen molar-refractivity contribution < 1.29 is 12.8 Å². The molecule has 0 atom stereocenters. The number of sulfone groups is 1. The van der Waals surface area contributed by atoms with E-state index in [4.69, 9.17) is 4.42 Å². The summed E-state index contributed by atoms with van der Waals surface area (Å²) in [4.78, 5) is 0. The lowest BCUT2D eigenvalue weighted by Gasteiger charge is -2.20. The predicted octanol–water partition coefficient (Wildman–Crippen LogP) is 2.88. The molecule has 1 heterocycles. The van der Waals surface area contributed by atoms with E-state index >= 15 is 0 Å². The number of benzene rings is 1. The molecule has 0 unspecified atom stereocenters. The average molecular weight is 320 g/mol. The molecule has 1 aromatic carbocycles. The Morgan fingerprint density at radius 2 is 1.91 bits per heavy atom. The summed E-state index contributed by atoms with van der Waals surface area (Å²) in [6, 6.07) is 9.90. The van der Waals surface area contributed by atoms with Crippen LogP contribution in [0.1, 0.15) is 48.9 Å². The zero-order valence-electron chi connectivity index (χ0n) is 12.4. The van der Waals surface area contributed by atoms with Gasteiger partial charge in [0.15, 0.2) is 9.84 Å². The van der Waals surface area contributed by atoms with Gasteiger partial charge >= 0.3 is 0 Å². The second-order valence-electron chi connectivity index (χ2n) is 5.84. The molecule has 0 aliphatic heterocycles. The highest BCUT2D eigenvalue weighted by Gasteiger charge is 2.26. The first-order valence-electron chi connectivity index (χ1n) is 7.69. The van der Waals surface area contributed by atoms with Crippen molar-refractivity contribution in [2.24, 2.45) is 0 Å². The number of rotatable bonds is 7. The molecule has 1 aliphatic rings. The van der Waals surface area contributed by atoms with Gasteiger partial charge in [0.2, 0.25) is 11.8 Å². The normalized spacial score (nSPS) is 15.6. The average Bonchev–Trinajstić information content (AvgIpc) is 2.85. The zero-order chi connectivity index (χ0) is 15.4. The van der Waals surface area contributed by atoms with Gasteiger partial charge in [0.1, 0.15) is 5.75 Å². The van der Waals surface area contributed by atoms with Gasteiger partial charge in [0, 0.05) is 5.92 Å². The van der Waals surface area contributed by atoms with Crippen LogP contribution in [0.3, 0.4) is 0 Å². The summed E-state index contributed by atoms with van der Waals surface area (Å²) >= 11 is 0. The van der Waals surface area contributed by atoms with Crippen molar-refractivity contribution in [2.45, 2.75) is 43.8 Å². The third kappa shape index (κ3) is 3.94. The van der Waals surface area contributed by atoms with Crippen LogP contribution in [0.2, 0.25) is 0 Å². The minimum absolute atomic E-state index is 0.142. The highest BCUT2D eigenvalue weighted by Crippen LogP contribution is 2.35. The third-order valence-corrected chi connectivity index (χ3v) is 5.64. The van der Waals surface area contributed by atoms with E-state index in [1.165, 1.54) is 6.42 Å². The molecule has 0 saturated heterocycles. The minimum Gasteiger partial charge on any atom is -0.424 e. The Hall–Kier alpha value is -1.69. The van der Waals surface area contributed by atoms with Crippen molar-refractivity contribution >= 4 is 9.84 Å². The predicted molar refractivity (Wildman–Crippen MR) is 83.1 cm³/mol. The molecule has 1 aromatic heterocycles. The first kappa shape index (κ1) is 15.2. The van der Waals surface area contributed by atoms with Gasteiger partial charge in [0.05, 0.1) is 5.75 Å². The van der Waals surface area contributed by atoms with Crippen molar-refractivity contribution in [3.63, 3.8) is 0 Å². The highest BCUT2D eigenvalue weighted by atomic mass is 32.2. The van der Waals surface area contributed by atoms with Crippen LogP contribution in [0.4, 0.5) is 0 Å². The number of aryl methyl sites for hydroxylation is 1. The molecule has 6 heteroatoms. The summed E-state index contributed by atoms with van der Waals surface area (Å²) in [6.45, 7) is 0. The molecule has 0 spiro atoms. The van der Waals surface area contributed by atoms with Gasteiger partial charge in [-0.3, -0.25) is 0 Å². The van der Waals surface area contributed by atoms with Gasteiger partial charge < -0.3 is 4.42 Å². The fourth-order valence-corrected chi connectivity index (χ4v) is 3.77. The summed E-state index contributed by atoms with van der Waals surface area (Å²) in [7, 11) is -3.20. The molecule has 0 bridgehead atoms. The fraction of sp³-hybridized carbons (Fsp3) is 0.500. The topological polar surface area (TPSA) is 73.1 Å². The Morgan fingerprint density at radius 3 is 2.59 bits per heavy atom. The van der Waals surface area contributed by atoms with Crippen LogP contribution in [0.5, 0.6) is 0 Å². The second kappa shape index (κ2) is 6.60. The second-order valence-corrected chi connectivity index (χ2v) is 8.03. The Morgan fingerprint density at radius 1 is 1.14 bits per heavy atom. The smallest absolute Gasteiger partial charge is 0.231 e. The van der Waals surface area contributed by atoms with Gasteiger partial charge in [-0.05, 0) is 31.2 Å². The van der Waals surface area contributed by atoms with Gasteiger partial charge in [-0.2, -0.15) is 0 Å². The molecule has 0 N–H and O–H groups in total. The monoisotopic (exact) mass is 320 g/mol. The molecule has 0 radical (unpaired) electrons. The maximum Gasteiger partial charge on any atom is 0.231 e. The SMILES string of the molecule is O=S(=O)(CCCc1ccccc1)Cc1nnc(C2CCC2)o1. The van der Waals surface area contributed by atoms with Crippen LogP contribution >= 0.6 is 0 Å². The van der Waals surface area contributed by atoms with Crippen LogP contribution in [0.15, 0.2) is 34.7 Å². The standard InChI is InChI=1S/C16H20N2O3S/c19-22(20,11-5-8-13-6-2-1-3-7-13)12-15-17-18-16(21-15)14-9-4-10-14/h1-3,6-7,14H,4-5,8-12H2. The van der Waals surface area contributed by atoms with E-state index in [1.807, 2.05) is 30.3 Å². The maximum absolute atomic E-state index is 12.1. The number of aromatic nitrogens is 2. The summed E-state index contributed by atoms with van der Waals surface area (Å²) in [5.74, 6) is 1.15. The lowest BCUT2D eigenvalue weighted by atomic mass is 9.85. The number of nitrogens with zero attached hydrogens (tertiary/aromatic N) is 2. The van der Waals surface area contributed by atoms with Crippen molar-refractivity contribution in [2.75, 3.05) is 5.75 Å². The molecule has 1 fully saturated rings. The van der Waals surface area contributed by atoms with Gasteiger partial charge in [-0.15, -0.1) is 10.2 Å². The molecule has 1 aliphatic carbocycles. The Bertz CT molecular complexity index is 706. The molecular formula is C16H20N2O3S. The Labute approximate surface area is 130 Å². The minimum atomic E-state index is -3.20. The summed E-state index contributed by atoms with van der Waals surface area (Å²) in [5, 5.41) is 7.84. The van der Waals surface area contributed by atoms with Crippen LogP contribution < -0.4 is 0 Å². The summed E-state index contributed by atoms with van der Waals surface area (Å²) < 4.78 is 29.7. The van der Waals surface area contributed by atoms with Crippen LogP contribution in [-0.2, 0) is 22.0 Å². The Balaban J connectivity index is 1.51. The fourth-order valence-electron chi connectivity index (χ4n) is 2.55. The van der Waals surface area contributed by atoms with E-state index in [0.717, 1.165) is 24.8 Å². The Kier molecular flexibility index (Phi) is 4.57. The van der Waals surface area contributed by atoms with Crippen LogP contribution in [0.25, 0.3) is 0 Å². The van der Waals surface area contributed by atoms with E-state index in [0.29, 0.717) is 18.2 Å². The molecule has 5 nitrogen and oxygen atoms in total. The quantitative estimate of drug-likeness (QED) is 0.784. The lowest BCUT2D eigenvalue weighted by Crippen LogP contribution is -2.10. The van der Waals surface area contributed by atoms with Crippen molar-refractivity contribution in [3.8, 4) is 0 Å². The molecular weight excluding hydrogens is 300 g/mol. The summed E-state index contributed by atoms with van der Waals surface area (Å²) in [6.07, 6.45) is 4.67. The zero-order valence-corrected chi connectivity index (χ0v) is 13.3.